The number of anilines is 1. The molecule has 1 aliphatic heterocycles. The van der Waals surface area contributed by atoms with E-state index in [0.29, 0.717) is 0 Å². The van der Waals surface area contributed by atoms with Crippen LogP contribution in [0.1, 0.15) is 23.5 Å². The predicted octanol–water partition coefficient (Wildman–Crippen LogP) is 2.52. The summed E-state index contributed by atoms with van der Waals surface area (Å²) in [7, 11) is 0. The monoisotopic (exact) mass is 159 g/mol. The molecule has 1 heteroatoms. The van der Waals surface area contributed by atoms with Gasteiger partial charge in [-0.2, -0.15) is 0 Å². The van der Waals surface area contributed by atoms with Crippen LogP contribution in [0, 0.1) is 12.8 Å². The van der Waals surface area contributed by atoms with Gasteiger partial charge in [0, 0.05) is 12.2 Å². The van der Waals surface area contributed by atoms with Crippen molar-refractivity contribution in [3.63, 3.8) is 0 Å². The standard InChI is InChI=1S/C11H13N/c1-7-3-2-4-9-10-5-8(10)6-12-11(7)9/h2-4,8,10,12H,5-6H2,1H3. The lowest BCUT2D eigenvalue weighted by Gasteiger charge is -2.19. The predicted molar refractivity (Wildman–Crippen MR) is 50.5 cm³/mol. The van der Waals surface area contributed by atoms with Crippen molar-refractivity contribution in [2.24, 2.45) is 5.92 Å². The van der Waals surface area contributed by atoms with Crippen LogP contribution in [-0.4, -0.2) is 6.54 Å². The zero-order chi connectivity index (χ0) is 8.13. The molecule has 1 heterocycles. The Hall–Kier alpha value is -0.980. The van der Waals surface area contributed by atoms with E-state index in [-0.39, 0.29) is 0 Å². The van der Waals surface area contributed by atoms with Gasteiger partial charge in [-0.25, -0.2) is 0 Å². The average molecular weight is 159 g/mol. The van der Waals surface area contributed by atoms with E-state index < -0.39 is 0 Å². The molecule has 2 aliphatic rings. The molecular formula is C11H13N. The van der Waals surface area contributed by atoms with Gasteiger partial charge in [0.1, 0.15) is 0 Å². The Balaban J connectivity index is 2.18. The summed E-state index contributed by atoms with van der Waals surface area (Å²) in [6.45, 7) is 3.39. The minimum absolute atomic E-state index is 0.890. The Kier molecular flexibility index (Phi) is 1.11. The lowest BCUT2D eigenvalue weighted by Crippen LogP contribution is -2.12. The van der Waals surface area contributed by atoms with Crippen LogP contribution in [0.4, 0.5) is 5.69 Å². The topological polar surface area (TPSA) is 12.0 Å². The maximum absolute atomic E-state index is 3.52. The number of fused-ring (bicyclic) bond motifs is 3. The lowest BCUT2D eigenvalue weighted by atomic mass is 10.00. The Morgan fingerprint density at radius 3 is 3.25 bits per heavy atom. The molecule has 12 heavy (non-hydrogen) atoms. The molecule has 1 nitrogen and oxygen atoms in total. The molecule has 2 unspecified atom stereocenters. The van der Waals surface area contributed by atoms with E-state index in [1.165, 1.54) is 24.2 Å². The maximum Gasteiger partial charge on any atom is 0.0405 e. The Bertz CT molecular complexity index is 330. The summed E-state index contributed by atoms with van der Waals surface area (Å²) in [5.74, 6) is 1.83. The van der Waals surface area contributed by atoms with Gasteiger partial charge < -0.3 is 5.32 Å². The van der Waals surface area contributed by atoms with E-state index in [0.717, 1.165) is 11.8 Å². The third-order valence-corrected chi connectivity index (χ3v) is 3.17. The quantitative estimate of drug-likeness (QED) is 0.613. The largest absolute Gasteiger partial charge is 0.384 e. The SMILES string of the molecule is Cc1cccc2c1NCC1CC21. The van der Waals surface area contributed by atoms with Gasteiger partial charge in [-0.1, -0.05) is 18.2 Å². The Morgan fingerprint density at radius 1 is 1.42 bits per heavy atom. The van der Waals surface area contributed by atoms with Gasteiger partial charge in [0.05, 0.1) is 0 Å². The van der Waals surface area contributed by atoms with E-state index in [4.69, 9.17) is 0 Å². The Labute approximate surface area is 72.8 Å². The lowest BCUT2D eigenvalue weighted by molar-refractivity contribution is 0.814. The zero-order valence-corrected chi connectivity index (χ0v) is 7.30. The van der Waals surface area contributed by atoms with E-state index >= 15 is 0 Å². The van der Waals surface area contributed by atoms with E-state index in [2.05, 4.69) is 30.4 Å². The van der Waals surface area contributed by atoms with Crippen molar-refractivity contribution >= 4 is 5.69 Å². The minimum atomic E-state index is 0.890. The van der Waals surface area contributed by atoms with Crippen molar-refractivity contribution in [2.45, 2.75) is 19.3 Å². The van der Waals surface area contributed by atoms with Gasteiger partial charge in [-0.05, 0) is 36.3 Å². The van der Waals surface area contributed by atoms with Crippen LogP contribution in [0.3, 0.4) is 0 Å². The first-order valence-corrected chi connectivity index (χ1v) is 4.69. The fourth-order valence-electron chi connectivity index (χ4n) is 2.33. The molecule has 0 bridgehead atoms. The van der Waals surface area contributed by atoms with Crippen LogP contribution < -0.4 is 5.32 Å². The summed E-state index contributed by atoms with van der Waals surface area (Å²) in [6.07, 6.45) is 1.41. The summed E-state index contributed by atoms with van der Waals surface area (Å²) in [4.78, 5) is 0. The van der Waals surface area contributed by atoms with Crippen LogP contribution >= 0.6 is 0 Å². The highest BCUT2D eigenvalue weighted by Crippen LogP contribution is 2.53. The van der Waals surface area contributed by atoms with Crippen molar-refractivity contribution in [1.29, 1.82) is 0 Å². The molecule has 0 amide bonds. The second-order valence-electron chi connectivity index (χ2n) is 4.02. The molecule has 62 valence electrons. The van der Waals surface area contributed by atoms with E-state index in [1.54, 1.807) is 5.56 Å². The first-order valence-electron chi connectivity index (χ1n) is 4.69. The summed E-state index contributed by atoms with van der Waals surface area (Å²) < 4.78 is 0. The molecule has 1 N–H and O–H groups in total. The molecule has 0 saturated heterocycles. The molecule has 2 atom stereocenters. The average Bonchev–Trinajstić information content (AvgIpc) is 2.83. The van der Waals surface area contributed by atoms with Crippen molar-refractivity contribution in [1.82, 2.24) is 0 Å². The van der Waals surface area contributed by atoms with Gasteiger partial charge in [0.25, 0.3) is 0 Å². The van der Waals surface area contributed by atoms with Crippen LogP contribution in [0.25, 0.3) is 0 Å². The van der Waals surface area contributed by atoms with Gasteiger partial charge in [-0.15, -0.1) is 0 Å². The molecule has 1 aromatic carbocycles. The second kappa shape index (κ2) is 2.03. The van der Waals surface area contributed by atoms with Gasteiger partial charge in [0.15, 0.2) is 0 Å². The van der Waals surface area contributed by atoms with Gasteiger partial charge in [-0.3, -0.25) is 0 Å². The summed E-state index contributed by atoms with van der Waals surface area (Å²) in [6, 6.07) is 6.64. The molecule has 1 saturated carbocycles. The van der Waals surface area contributed by atoms with Crippen molar-refractivity contribution < 1.29 is 0 Å². The number of hydrogen-bond acceptors (Lipinski definition) is 1. The molecule has 0 spiro atoms. The fraction of sp³-hybridized carbons (Fsp3) is 0.455. The second-order valence-corrected chi connectivity index (χ2v) is 4.02. The minimum Gasteiger partial charge on any atom is -0.384 e. The smallest absolute Gasteiger partial charge is 0.0405 e. The molecule has 1 fully saturated rings. The maximum atomic E-state index is 3.52. The number of hydrogen-bond donors (Lipinski definition) is 1. The number of benzene rings is 1. The Morgan fingerprint density at radius 2 is 2.33 bits per heavy atom. The number of para-hydroxylation sites is 1. The number of rotatable bonds is 0. The van der Waals surface area contributed by atoms with Crippen LogP contribution in [0.2, 0.25) is 0 Å². The number of nitrogens with one attached hydrogen (secondary N) is 1. The van der Waals surface area contributed by atoms with Crippen molar-refractivity contribution in [3.05, 3.63) is 29.3 Å². The van der Waals surface area contributed by atoms with E-state index in [1.807, 2.05) is 0 Å². The molecule has 3 rings (SSSR count). The summed E-state index contributed by atoms with van der Waals surface area (Å²) in [5, 5.41) is 3.52. The fourth-order valence-corrected chi connectivity index (χ4v) is 2.33. The summed E-state index contributed by atoms with van der Waals surface area (Å²) in [5.41, 5.74) is 4.38. The van der Waals surface area contributed by atoms with Gasteiger partial charge >= 0.3 is 0 Å². The van der Waals surface area contributed by atoms with Crippen molar-refractivity contribution in [3.8, 4) is 0 Å². The normalized spacial score (nSPS) is 30.1. The molecule has 1 aromatic rings. The molecular weight excluding hydrogens is 146 g/mol. The van der Waals surface area contributed by atoms with E-state index in [9.17, 15) is 0 Å². The highest BCUT2D eigenvalue weighted by atomic mass is 14.9. The van der Waals surface area contributed by atoms with Crippen LogP contribution in [0.5, 0.6) is 0 Å². The van der Waals surface area contributed by atoms with Gasteiger partial charge in [0.2, 0.25) is 0 Å². The third kappa shape index (κ3) is 0.739. The first-order chi connectivity index (χ1) is 5.86. The zero-order valence-electron chi connectivity index (χ0n) is 7.30. The first kappa shape index (κ1) is 6.53. The van der Waals surface area contributed by atoms with Crippen LogP contribution in [0.15, 0.2) is 18.2 Å². The molecule has 0 radical (unpaired) electrons. The molecule has 0 aromatic heterocycles. The highest BCUT2D eigenvalue weighted by Gasteiger charge is 2.42. The third-order valence-electron chi connectivity index (χ3n) is 3.17. The van der Waals surface area contributed by atoms with Crippen LogP contribution in [-0.2, 0) is 0 Å². The van der Waals surface area contributed by atoms with Crippen molar-refractivity contribution in [2.75, 3.05) is 11.9 Å². The highest BCUT2D eigenvalue weighted by molar-refractivity contribution is 5.62. The molecule has 1 aliphatic carbocycles. The summed E-state index contributed by atoms with van der Waals surface area (Å²) >= 11 is 0. The number of aryl methyl sites for hydroxylation is 1.